The van der Waals surface area contributed by atoms with E-state index in [0.29, 0.717) is 5.82 Å². The number of para-hydroxylation sites is 1. The minimum absolute atomic E-state index is 0.103. The largest absolute Gasteiger partial charge is 0.336 e. The number of carbonyl (C=O) groups excluding carboxylic acids is 1. The Morgan fingerprint density at radius 1 is 1.32 bits per heavy atom. The molecule has 2 heterocycles. The molecule has 3 aromatic rings. The number of rotatable bonds is 5. The Morgan fingerprint density at radius 3 is 2.86 bits per heavy atom. The van der Waals surface area contributed by atoms with E-state index in [9.17, 15) is 4.79 Å². The van der Waals surface area contributed by atoms with E-state index in [-0.39, 0.29) is 5.91 Å². The second-order valence-electron chi connectivity index (χ2n) is 5.42. The Hall–Kier alpha value is -2.56. The number of anilines is 1. The smallest absolute Gasteiger partial charge is 0.273 e. The van der Waals surface area contributed by atoms with Gasteiger partial charge in [0.25, 0.3) is 5.91 Å². The van der Waals surface area contributed by atoms with Crippen LogP contribution in [0, 0.1) is 6.92 Å². The van der Waals surface area contributed by atoms with Crippen molar-refractivity contribution >= 4 is 22.6 Å². The first-order valence-corrected chi connectivity index (χ1v) is 7.61. The Balaban J connectivity index is 2.06. The van der Waals surface area contributed by atoms with Gasteiger partial charge in [0.2, 0.25) is 0 Å². The zero-order valence-corrected chi connectivity index (χ0v) is 12.9. The number of hydrogen-bond donors (Lipinski definition) is 2. The second-order valence-corrected chi connectivity index (χ2v) is 5.42. The topological polar surface area (TPSA) is 62.7 Å². The van der Waals surface area contributed by atoms with E-state index in [1.165, 1.54) is 0 Å². The SMILES string of the molecule is CCCCn1c(C(=O)Nc2ccn[nH]2)c(C)c2ccccc21. The molecule has 0 bridgehead atoms. The summed E-state index contributed by atoms with van der Waals surface area (Å²) in [5.74, 6) is 0.505. The van der Waals surface area contributed by atoms with Gasteiger partial charge in [-0.3, -0.25) is 9.89 Å². The van der Waals surface area contributed by atoms with E-state index >= 15 is 0 Å². The summed E-state index contributed by atoms with van der Waals surface area (Å²) in [5.41, 5.74) is 2.86. The lowest BCUT2D eigenvalue weighted by Crippen LogP contribution is -2.18. The average molecular weight is 296 g/mol. The molecule has 2 N–H and O–H groups in total. The number of amides is 1. The van der Waals surface area contributed by atoms with Crippen LogP contribution in [0.25, 0.3) is 10.9 Å². The number of aryl methyl sites for hydroxylation is 2. The molecular weight excluding hydrogens is 276 g/mol. The number of aromatic amines is 1. The fourth-order valence-corrected chi connectivity index (χ4v) is 2.82. The maximum Gasteiger partial charge on any atom is 0.273 e. The van der Waals surface area contributed by atoms with Crippen molar-refractivity contribution in [1.29, 1.82) is 0 Å². The van der Waals surface area contributed by atoms with Gasteiger partial charge in [-0.05, 0) is 25.0 Å². The zero-order valence-electron chi connectivity index (χ0n) is 12.9. The third kappa shape index (κ3) is 2.50. The predicted molar refractivity (Wildman–Crippen MR) is 88.1 cm³/mol. The first-order chi connectivity index (χ1) is 10.7. The molecule has 0 unspecified atom stereocenters. The van der Waals surface area contributed by atoms with Gasteiger partial charge < -0.3 is 9.88 Å². The molecular formula is C17H20N4O. The quantitative estimate of drug-likeness (QED) is 0.753. The highest BCUT2D eigenvalue weighted by atomic mass is 16.2. The zero-order chi connectivity index (χ0) is 15.5. The Labute approximate surface area is 129 Å². The van der Waals surface area contributed by atoms with Crippen LogP contribution in [-0.4, -0.2) is 20.7 Å². The van der Waals surface area contributed by atoms with Crippen LogP contribution in [-0.2, 0) is 6.54 Å². The van der Waals surface area contributed by atoms with Crippen molar-refractivity contribution in [2.45, 2.75) is 33.2 Å². The molecule has 2 aromatic heterocycles. The van der Waals surface area contributed by atoms with Gasteiger partial charge in [0.1, 0.15) is 11.5 Å². The lowest BCUT2D eigenvalue weighted by Gasteiger charge is -2.10. The standard InChI is InChI=1S/C17H20N4O/c1-3-4-11-21-14-8-6-5-7-13(14)12(2)16(21)17(22)19-15-9-10-18-20-15/h5-10H,3-4,11H2,1-2H3,(H2,18,19,20,22). The summed E-state index contributed by atoms with van der Waals surface area (Å²) in [6, 6.07) is 9.91. The van der Waals surface area contributed by atoms with Gasteiger partial charge in [-0.2, -0.15) is 5.10 Å². The Morgan fingerprint density at radius 2 is 2.14 bits per heavy atom. The molecule has 0 radical (unpaired) electrons. The van der Waals surface area contributed by atoms with Crippen LogP contribution in [0.2, 0.25) is 0 Å². The molecule has 1 aromatic carbocycles. The third-order valence-corrected chi connectivity index (χ3v) is 3.92. The minimum Gasteiger partial charge on any atom is -0.336 e. The molecule has 114 valence electrons. The average Bonchev–Trinajstić information content (AvgIpc) is 3.12. The number of carbonyl (C=O) groups is 1. The summed E-state index contributed by atoms with van der Waals surface area (Å²) < 4.78 is 2.12. The van der Waals surface area contributed by atoms with Gasteiger partial charge in [0.05, 0.1) is 6.20 Å². The molecule has 0 aliphatic rings. The van der Waals surface area contributed by atoms with Crippen LogP contribution in [0.1, 0.15) is 35.8 Å². The first-order valence-electron chi connectivity index (χ1n) is 7.61. The maximum absolute atomic E-state index is 12.7. The molecule has 22 heavy (non-hydrogen) atoms. The van der Waals surface area contributed by atoms with Crippen molar-refractivity contribution in [3.05, 3.63) is 47.8 Å². The van der Waals surface area contributed by atoms with E-state index in [4.69, 9.17) is 0 Å². The summed E-state index contributed by atoms with van der Waals surface area (Å²) in [7, 11) is 0. The van der Waals surface area contributed by atoms with E-state index in [2.05, 4.69) is 39.1 Å². The number of nitrogens with one attached hydrogen (secondary N) is 2. The molecule has 0 atom stereocenters. The van der Waals surface area contributed by atoms with Crippen molar-refractivity contribution in [3.63, 3.8) is 0 Å². The van der Waals surface area contributed by atoms with Crippen molar-refractivity contribution in [3.8, 4) is 0 Å². The number of nitrogens with zero attached hydrogens (tertiary/aromatic N) is 2. The van der Waals surface area contributed by atoms with Gasteiger partial charge in [0, 0.05) is 23.5 Å². The van der Waals surface area contributed by atoms with E-state index in [1.807, 2.05) is 19.1 Å². The lowest BCUT2D eigenvalue weighted by molar-refractivity contribution is 0.101. The van der Waals surface area contributed by atoms with E-state index in [1.54, 1.807) is 12.3 Å². The third-order valence-electron chi connectivity index (χ3n) is 3.92. The highest BCUT2D eigenvalue weighted by Crippen LogP contribution is 2.26. The number of benzene rings is 1. The summed E-state index contributed by atoms with van der Waals surface area (Å²) >= 11 is 0. The summed E-state index contributed by atoms with van der Waals surface area (Å²) in [5, 5.41) is 10.6. The summed E-state index contributed by atoms with van der Waals surface area (Å²) in [4.78, 5) is 12.7. The van der Waals surface area contributed by atoms with Crippen LogP contribution in [0.15, 0.2) is 36.5 Å². The molecule has 0 saturated carbocycles. The molecule has 0 fully saturated rings. The molecule has 0 aliphatic carbocycles. The summed E-state index contributed by atoms with van der Waals surface area (Å²) in [6.45, 7) is 5.01. The van der Waals surface area contributed by atoms with Crippen molar-refractivity contribution in [2.75, 3.05) is 5.32 Å². The maximum atomic E-state index is 12.7. The van der Waals surface area contributed by atoms with E-state index in [0.717, 1.165) is 41.5 Å². The van der Waals surface area contributed by atoms with Crippen LogP contribution < -0.4 is 5.32 Å². The van der Waals surface area contributed by atoms with Gasteiger partial charge in [-0.15, -0.1) is 0 Å². The second kappa shape index (κ2) is 6.05. The monoisotopic (exact) mass is 296 g/mol. The lowest BCUT2D eigenvalue weighted by atomic mass is 10.1. The molecule has 5 heteroatoms. The minimum atomic E-state index is -0.103. The van der Waals surface area contributed by atoms with Crippen molar-refractivity contribution < 1.29 is 4.79 Å². The highest BCUT2D eigenvalue weighted by Gasteiger charge is 2.20. The molecule has 5 nitrogen and oxygen atoms in total. The predicted octanol–water partition coefficient (Wildman–Crippen LogP) is 3.73. The van der Waals surface area contributed by atoms with Gasteiger partial charge in [0.15, 0.2) is 0 Å². The van der Waals surface area contributed by atoms with Gasteiger partial charge in [-0.1, -0.05) is 31.5 Å². The van der Waals surface area contributed by atoms with Crippen LogP contribution in [0.3, 0.4) is 0 Å². The van der Waals surface area contributed by atoms with Gasteiger partial charge in [-0.25, -0.2) is 0 Å². The van der Waals surface area contributed by atoms with Crippen LogP contribution in [0.4, 0.5) is 5.82 Å². The number of aromatic nitrogens is 3. The molecule has 0 spiro atoms. The normalized spacial score (nSPS) is 11.0. The molecule has 3 rings (SSSR count). The number of fused-ring (bicyclic) bond motifs is 1. The van der Waals surface area contributed by atoms with Crippen LogP contribution in [0.5, 0.6) is 0 Å². The molecule has 1 amide bonds. The molecule has 0 saturated heterocycles. The highest BCUT2D eigenvalue weighted by molar-refractivity contribution is 6.08. The summed E-state index contributed by atoms with van der Waals surface area (Å²) in [6.07, 6.45) is 3.75. The number of unbranched alkanes of at least 4 members (excludes halogenated alkanes) is 1. The first kappa shape index (κ1) is 14.4. The number of hydrogen-bond acceptors (Lipinski definition) is 2. The van der Waals surface area contributed by atoms with Crippen LogP contribution >= 0.6 is 0 Å². The van der Waals surface area contributed by atoms with Crippen molar-refractivity contribution in [1.82, 2.24) is 14.8 Å². The fourth-order valence-electron chi connectivity index (χ4n) is 2.82. The Kier molecular flexibility index (Phi) is 3.96. The fraction of sp³-hybridized carbons (Fsp3) is 0.294. The Bertz CT molecular complexity index is 786. The van der Waals surface area contributed by atoms with E-state index < -0.39 is 0 Å². The van der Waals surface area contributed by atoms with Crippen molar-refractivity contribution in [2.24, 2.45) is 0 Å². The number of H-pyrrole nitrogens is 1. The van der Waals surface area contributed by atoms with Gasteiger partial charge >= 0.3 is 0 Å². The molecule has 0 aliphatic heterocycles.